The van der Waals surface area contributed by atoms with E-state index in [9.17, 15) is 0 Å². The third kappa shape index (κ3) is 1.97. The smallest absolute Gasteiger partial charge is 0.0385 e. The van der Waals surface area contributed by atoms with Crippen LogP contribution in [-0.4, -0.2) is 18.5 Å². The second kappa shape index (κ2) is 4.88. The minimum Gasteiger partial charge on any atom is -0.399 e. The molecule has 0 saturated carbocycles. The number of likely N-dealkylation sites (tertiary alicyclic amines) is 1. The van der Waals surface area contributed by atoms with Crippen molar-refractivity contribution in [2.75, 3.05) is 19.3 Å². The molecule has 1 saturated heterocycles. The van der Waals surface area contributed by atoms with Gasteiger partial charge < -0.3 is 5.73 Å². The summed E-state index contributed by atoms with van der Waals surface area (Å²) in [4.78, 5) is 2.55. The van der Waals surface area contributed by atoms with Gasteiger partial charge in [-0.1, -0.05) is 36.4 Å². The normalized spacial score (nSPS) is 28.1. The summed E-state index contributed by atoms with van der Waals surface area (Å²) in [6, 6.07) is 18.1. The molecule has 3 atom stereocenters. The first-order valence-corrected chi connectivity index (χ1v) is 7.90. The van der Waals surface area contributed by atoms with Crippen molar-refractivity contribution in [3.05, 3.63) is 65.2 Å². The molecule has 0 radical (unpaired) electrons. The fourth-order valence-corrected chi connectivity index (χ4v) is 4.44. The van der Waals surface area contributed by atoms with Gasteiger partial charge in [0.25, 0.3) is 0 Å². The number of nitrogens with zero attached hydrogens (tertiary/aromatic N) is 1. The molecule has 108 valence electrons. The number of nitrogen functional groups attached to an aromatic ring is 1. The standard InChI is InChI=1S/C19H22N2/c1-21-12-4-7-17-18(13-8-10-14(20)11-9-13)15-5-2-3-6-16(15)19(17)21/h2-3,5-6,8-11,17-19H,4,7,12,20H2,1H3/t17-,18+,19+/m1/s1. The summed E-state index contributed by atoms with van der Waals surface area (Å²) in [6.07, 6.45) is 2.62. The largest absolute Gasteiger partial charge is 0.399 e. The average molecular weight is 278 g/mol. The van der Waals surface area contributed by atoms with E-state index in [0.29, 0.717) is 17.9 Å². The maximum absolute atomic E-state index is 5.87. The molecule has 0 aromatic heterocycles. The van der Waals surface area contributed by atoms with Crippen molar-refractivity contribution in [1.29, 1.82) is 0 Å². The number of fused-ring (bicyclic) bond motifs is 3. The Morgan fingerprint density at radius 2 is 1.71 bits per heavy atom. The van der Waals surface area contributed by atoms with E-state index in [4.69, 9.17) is 5.73 Å². The molecule has 2 aromatic carbocycles. The highest BCUT2D eigenvalue weighted by molar-refractivity contribution is 5.49. The van der Waals surface area contributed by atoms with Crippen LogP contribution in [-0.2, 0) is 0 Å². The highest BCUT2D eigenvalue weighted by Gasteiger charge is 2.44. The lowest BCUT2D eigenvalue weighted by molar-refractivity contribution is 0.127. The number of nitrogens with two attached hydrogens (primary N) is 1. The molecular weight excluding hydrogens is 256 g/mol. The molecule has 2 nitrogen and oxygen atoms in total. The van der Waals surface area contributed by atoms with E-state index in [-0.39, 0.29) is 0 Å². The van der Waals surface area contributed by atoms with Crippen LogP contribution in [0.25, 0.3) is 0 Å². The number of benzene rings is 2. The molecular formula is C19H22N2. The van der Waals surface area contributed by atoms with Gasteiger partial charge in [0.05, 0.1) is 0 Å². The highest BCUT2D eigenvalue weighted by Crippen LogP contribution is 2.54. The number of hydrogen-bond acceptors (Lipinski definition) is 2. The van der Waals surface area contributed by atoms with E-state index < -0.39 is 0 Å². The summed E-state index contributed by atoms with van der Waals surface area (Å²) in [6.45, 7) is 1.21. The fourth-order valence-electron chi connectivity index (χ4n) is 4.44. The van der Waals surface area contributed by atoms with Crippen molar-refractivity contribution in [2.24, 2.45) is 5.92 Å². The molecule has 2 N–H and O–H groups in total. The van der Waals surface area contributed by atoms with E-state index in [1.807, 2.05) is 12.1 Å². The molecule has 0 bridgehead atoms. The SMILES string of the molecule is CN1CCC[C@@H]2[C@@H](c3ccc(N)cc3)c3ccccc3[C@@H]21. The number of rotatable bonds is 1. The van der Waals surface area contributed by atoms with Crippen LogP contribution in [0.5, 0.6) is 0 Å². The van der Waals surface area contributed by atoms with Gasteiger partial charge >= 0.3 is 0 Å². The van der Waals surface area contributed by atoms with Gasteiger partial charge in [-0.05, 0) is 61.2 Å². The Hall–Kier alpha value is -1.80. The third-order valence-corrected chi connectivity index (χ3v) is 5.30. The van der Waals surface area contributed by atoms with Crippen molar-refractivity contribution in [3.63, 3.8) is 0 Å². The zero-order valence-corrected chi connectivity index (χ0v) is 12.5. The molecule has 4 rings (SSSR count). The molecule has 1 aliphatic carbocycles. The fraction of sp³-hybridized carbons (Fsp3) is 0.368. The van der Waals surface area contributed by atoms with Crippen molar-refractivity contribution in [3.8, 4) is 0 Å². The van der Waals surface area contributed by atoms with Gasteiger partial charge in [-0.2, -0.15) is 0 Å². The van der Waals surface area contributed by atoms with Gasteiger partial charge in [0, 0.05) is 17.6 Å². The summed E-state index contributed by atoms with van der Waals surface area (Å²) < 4.78 is 0. The van der Waals surface area contributed by atoms with E-state index in [2.05, 4.69) is 48.3 Å². The summed E-state index contributed by atoms with van der Waals surface area (Å²) in [5.41, 5.74) is 11.2. The maximum atomic E-state index is 5.87. The van der Waals surface area contributed by atoms with Gasteiger partial charge in [0.1, 0.15) is 0 Å². The molecule has 1 aliphatic heterocycles. The Morgan fingerprint density at radius 3 is 2.48 bits per heavy atom. The van der Waals surface area contributed by atoms with Gasteiger partial charge in [0.2, 0.25) is 0 Å². The van der Waals surface area contributed by atoms with Crippen molar-refractivity contribution < 1.29 is 0 Å². The predicted molar refractivity (Wildman–Crippen MR) is 87.2 cm³/mol. The molecule has 1 heterocycles. The zero-order chi connectivity index (χ0) is 14.4. The van der Waals surface area contributed by atoms with E-state index in [0.717, 1.165) is 5.69 Å². The Bertz CT molecular complexity index is 647. The Balaban J connectivity index is 1.84. The number of piperidine rings is 1. The molecule has 2 heteroatoms. The molecule has 21 heavy (non-hydrogen) atoms. The minimum atomic E-state index is 0.523. The molecule has 0 amide bonds. The number of anilines is 1. The molecule has 1 fully saturated rings. The van der Waals surface area contributed by atoms with E-state index >= 15 is 0 Å². The lowest BCUT2D eigenvalue weighted by Gasteiger charge is -2.37. The van der Waals surface area contributed by atoms with Crippen LogP contribution in [0.3, 0.4) is 0 Å². The first-order chi connectivity index (χ1) is 10.3. The molecule has 0 spiro atoms. The van der Waals surface area contributed by atoms with Crippen LogP contribution in [0.15, 0.2) is 48.5 Å². The lowest BCUT2D eigenvalue weighted by Crippen LogP contribution is -2.34. The maximum Gasteiger partial charge on any atom is 0.0385 e. The topological polar surface area (TPSA) is 29.3 Å². The summed E-state index contributed by atoms with van der Waals surface area (Å²) >= 11 is 0. The Morgan fingerprint density at radius 1 is 1.00 bits per heavy atom. The van der Waals surface area contributed by atoms with Crippen molar-refractivity contribution in [2.45, 2.75) is 24.8 Å². The van der Waals surface area contributed by atoms with Crippen molar-refractivity contribution >= 4 is 5.69 Å². The molecule has 2 aliphatic rings. The summed E-state index contributed by atoms with van der Waals surface area (Å²) in [5.74, 6) is 1.22. The van der Waals surface area contributed by atoms with Crippen LogP contribution in [0.1, 0.15) is 41.5 Å². The average Bonchev–Trinajstić information content (AvgIpc) is 2.84. The summed E-state index contributed by atoms with van der Waals surface area (Å²) in [5, 5.41) is 0. The number of hydrogen-bond donors (Lipinski definition) is 1. The highest BCUT2D eigenvalue weighted by atomic mass is 15.1. The van der Waals surface area contributed by atoms with Gasteiger partial charge in [-0.15, -0.1) is 0 Å². The third-order valence-electron chi connectivity index (χ3n) is 5.30. The first kappa shape index (κ1) is 12.9. The Kier molecular flexibility index (Phi) is 3.00. The van der Waals surface area contributed by atoms with Gasteiger partial charge in [0.15, 0.2) is 0 Å². The zero-order valence-electron chi connectivity index (χ0n) is 12.5. The first-order valence-electron chi connectivity index (χ1n) is 7.90. The van der Waals surface area contributed by atoms with Crippen LogP contribution in [0.4, 0.5) is 5.69 Å². The van der Waals surface area contributed by atoms with E-state index in [1.54, 1.807) is 0 Å². The molecule has 0 unspecified atom stereocenters. The molecule has 2 aromatic rings. The van der Waals surface area contributed by atoms with Crippen molar-refractivity contribution in [1.82, 2.24) is 4.90 Å². The minimum absolute atomic E-state index is 0.523. The second-order valence-corrected chi connectivity index (χ2v) is 6.50. The Labute approximate surface area is 126 Å². The second-order valence-electron chi connectivity index (χ2n) is 6.50. The van der Waals surface area contributed by atoms with Crippen LogP contribution in [0.2, 0.25) is 0 Å². The predicted octanol–water partition coefficient (Wildman–Crippen LogP) is 3.80. The van der Waals surface area contributed by atoms with Gasteiger partial charge in [-0.25, -0.2) is 0 Å². The van der Waals surface area contributed by atoms with Crippen LogP contribution in [0, 0.1) is 5.92 Å². The van der Waals surface area contributed by atoms with Crippen LogP contribution < -0.4 is 5.73 Å². The summed E-state index contributed by atoms with van der Waals surface area (Å²) in [7, 11) is 2.28. The monoisotopic (exact) mass is 278 g/mol. The van der Waals surface area contributed by atoms with Gasteiger partial charge in [-0.3, -0.25) is 4.90 Å². The quantitative estimate of drug-likeness (QED) is 0.804. The van der Waals surface area contributed by atoms with E-state index in [1.165, 1.54) is 36.1 Å². The van der Waals surface area contributed by atoms with Crippen LogP contribution >= 0.6 is 0 Å². The lowest BCUT2D eigenvalue weighted by atomic mass is 9.80.